The molecule has 30 heavy (non-hydrogen) atoms. The molecule has 2 amide bonds. The molecule has 8 nitrogen and oxygen atoms in total. The van der Waals surface area contributed by atoms with Crippen molar-refractivity contribution >= 4 is 12.0 Å². The van der Waals surface area contributed by atoms with E-state index in [0.717, 1.165) is 17.3 Å². The molecule has 0 aliphatic carbocycles. The van der Waals surface area contributed by atoms with Gasteiger partial charge in [0.2, 0.25) is 11.7 Å². The highest BCUT2D eigenvalue weighted by Gasteiger charge is 2.39. The number of amides is 2. The van der Waals surface area contributed by atoms with E-state index in [0.29, 0.717) is 22.5 Å². The summed E-state index contributed by atoms with van der Waals surface area (Å²) in [6.07, 6.45) is -5.60. The summed E-state index contributed by atoms with van der Waals surface area (Å²) < 4.78 is 51.4. The fraction of sp³-hybridized carbons (Fsp3) is 0.389. The van der Waals surface area contributed by atoms with E-state index in [1.807, 2.05) is 0 Å². The van der Waals surface area contributed by atoms with Crippen LogP contribution in [0, 0.1) is 6.92 Å². The smallest absolute Gasteiger partial charge is 0.451 e. The fourth-order valence-electron chi connectivity index (χ4n) is 3.16. The van der Waals surface area contributed by atoms with Crippen molar-refractivity contribution in [3.05, 3.63) is 41.7 Å². The first kappa shape index (κ1) is 21.4. The second-order valence-corrected chi connectivity index (χ2v) is 6.78. The number of carboxylic acid groups (broad SMARTS) is 1. The maximum Gasteiger partial charge on any atom is 0.451 e. The van der Waals surface area contributed by atoms with Gasteiger partial charge in [-0.3, -0.25) is 14.7 Å². The van der Waals surface area contributed by atoms with Crippen LogP contribution in [0.15, 0.2) is 24.5 Å². The number of carbonyl (C=O) groups is 2. The monoisotopic (exact) mass is 427 g/mol. The first-order valence-corrected chi connectivity index (χ1v) is 8.83. The molecule has 2 N–H and O–H groups in total. The Hall–Kier alpha value is -3.31. The van der Waals surface area contributed by atoms with Crippen LogP contribution < -0.4 is 5.32 Å². The van der Waals surface area contributed by atoms with E-state index in [9.17, 15) is 27.2 Å². The summed E-state index contributed by atoms with van der Waals surface area (Å²) in [6.45, 7) is 1.22. The van der Waals surface area contributed by atoms with Crippen LogP contribution in [0.5, 0.6) is 0 Å². The number of aromatic nitrogens is 3. The van der Waals surface area contributed by atoms with Gasteiger partial charge in [0, 0.05) is 30.1 Å². The number of hydrogen-bond donors (Lipinski definition) is 2. The Morgan fingerprint density at radius 2 is 1.90 bits per heavy atom. The molecule has 160 valence electrons. The molecule has 2 aromatic heterocycles. The Bertz CT molecular complexity index is 952. The maximum absolute atomic E-state index is 13.5. The minimum absolute atomic E-state index is 0.0735. The Morgan fingerprint density at radius 3 is 2.50 bits per heavy atom. The third kappa shape index (κ3) is 4.81. The molecule has 2 aromatic rings. The van der Waals surface area contributed by atoms with Gasteiger partial charge in [0.1, 0.15) is 12.2 Å². The lowest BCUT2D eigenvalue weighted by molar-refractivity contribution is -0.145. The van der Waals surface area contributed by atoms with E-state index in [1.165, 1.54) is 0 Å². The highest BCUT2D eigenvalue weighted by molar-refractivity contribution is 5.86. The van der Waals surface area contributed by atoms with Gasteiger partial charge in [-0.25, -0.2) is 19.2 Å². The molecule has 0 bridgehead atoms. The van der Waals surface area contributed by atoms with Gasteiger partial charge in [0.05, 0.1) is 18.8 Å². The molecular weight excluding hydrogens is 410 g/mol. The van der Waals surface area contributed by atoms with Crippen LogP contribution in [0.25, 0.3) is 11.1 Å². The maximum atomic E-state index is 13.5. The van der Waals surface area contributed by atoms with Crippen LogP contribution in [-0.4, -0.2) is 55.7 Å². The average Bonchev–Trinajstić information content (AvgIpc) is 3.07. The Morgan fingerprint density at radius 1 is 1.23 bits per heavy atom. The van der Waals surface area contributed by atoms with Crippen molar-refractivity contribution in [3.8, 4) is 11.1 Å². The van der Waals surface area contributed by atoms with Gasteiger partial charge in [-0.1, -0.05) is 0 Å². The molecule has 12 heteroatoms. The van der Waals surface area contributed by atoms with Gasteiger partial charge in [0.15, 0.2) is 0 Å². The minimum Gasteiger partial charge on any atom is -0.465 e. The number of likely N-dealkylation sites (tertiary alicyclic amines) is 1. The molecule has 1 saturated heterocycles. The number of alkyl halides is 4. The van der Waals surface area contributed by atoms with Crippen molar-refractivity contribution in [2.75, 3.05) is 6.54 Å². The average molecular weight is 427 g/mol. The van der Waals surface area contributed by atoms with Crippen molar-refractivity contribution in [1.29, 1.82) is 0 Å². The lowest BCUT2D eigenvalue weighted by Crippen LogP contribution is -2.45. The zero-order valence-corrected chi connectivity index (χ0v) is 15.6. The summed E-state index contributed by atoms with van der Waals surface area (Å²) in [7, 11) is 0. The predicted octanol–water partition coefficient (Wildman–Crippen LogP) is 2.57. The predicted molar refractivity (Wildman–Crippen MR) is 94.9 cm³/mol. The van der Waals surface area contributed by atoms with Crippen LogP contribution in [0.4, 0.5) is 22.4 Å². The fourth-order valence-corrected chi connectivity index (χ4v) is 3.16. The number of halogens is 4. The SMILES string of the molecule is Cc1cc(-c2cnc(C(F)(F)F)nc2)cc(CNC(=O)[C@@H]2C[C@@H](F)CN2C(=O)O)n1. The van der Waals surface area contributed by atoms with E-state index in [-0.39, 0.29) is 19.5 Å². The van der Waals surface area contributed by atoms with Crippen molar-refractivity contribution in [1.82, 2.24) is 25.2 Å². The van der Waals surface area contributed by atoms with E-state index >= 15 is 0 Å². The standard InChI is InChI=1S/C18H17F4N5O3/c1-9-2-10(11-5-24-16(25-6-11)18(20,21)22)3-13(26-9)7-23-15(28)14-4-12(19)8-27(14)17(29)30/h2-3,5-6,12,14H,4,7-8H2,1H3,(H,23,28)(H,29,30)/t12-,14+/m1/s1. The summed E-state index contributed by atoms with van der Waals surface area (Å²) >= 11 is 0. The summed E-state index contributed by atoms with van der Waals surface area (Å²) in [5, 5.41) is 11.6. The van der Waals surface area contributed by atoms with E-state index in [1.54, 1.807) is 19.1 Å². The van der Waals surface area contributed by atoms with Gasteiger partial charge in [-0.05, 0) is 24.6 Å². The molecule has 3 rings (SSSR count). The molecule has 0 saturated carbocycles. The van der Waals surface area contributed by atoms with Crippen molar-refractivity contribution < 1.29 is 32.3 Å². The highest BCUT2D eigenvalue weighted by Crippen LogP contribution is 2.27. The number of pyridine rings is 1. The molecule has 3 heterocycles. The Kier molecular flexibility index (Phi) is 5.85. The number of nitrogens with zero attached hydrogens (tertiary/aromatic N) is 4. The molecule has 0 radical (unpaired) electrons. The van der Waals surface area contributed by atoms with Crippen LogP contribution in [0.1, 0.15) is 23.6 Å². The van der Waals surface area contributed by atoms with Crippen molar-refractivity contribution in [3.63, 3.8) is 0 Å². The highest BCUT2D eigenvalue weighted by atomic mass is 19.4. The second-order valence-electron chi connectivity index (χ2n) is 6.78. The summed E-state index contributed by atoms with van der Waals surface area (Å²) in [4.78, 5) is 35.1. The van der Waals surface area contributed by atoms with Gasteiger partial charge in [0.25, 0.3) is 0 Å². The van der Waals surface area contributed by atoms with Gasteiger partial charge in [-0.2, -0.15) is 13.2 Å². The largest absolute Gasteiger partial charge is 0.465 e. The third-order valence-electron chi connectivity index (χ3n) is 4.49. The molecule has 2 atom stereocenters. The lowest BCUT2D eigenvalue weighted by Gasteiger charge is -2.20. The molecule has 0 aromatic carbocycles. The van der Waals surface area contributed by atoms with Crippen molar-refractivity contribution in [2.24, 2.45) is 0 Å². The summed E-state index contributed by atoms with van der Waals surface area (Å²) in [6, 6.07) is 2.03. The summed E-state index contributed by atoms with van der Waals surface area (Å²) in [5.74, 6) is -1.91. The number of rotatable bonds is 4. The van der Waals surface area contributed by atoms with Crippen LogP contribution in [0.2, 0.25) is 0 Å². The molecule has 1 fully saturated rings. The van der Waals surface area contributed by atoms with Crippen LogP contribution in [-0.2, 0) is 17.5 Å². The van der Waals surface area contributed by atoms with Crippen LogP contribution in [0.3, 0.4) is 0 Å². The molecular formula is C18H17F4N5O3. The Labute approximate surface area is 168 Å². The molecule has 0 unspecified atom stereocenters. The second kappa shape index (κ2) is 8.20. The van der Waals surface area contributed by atoms with Gasteiger partial charge in [-0.15, -0.1) is 0 Å². The Balaban J connectivity index is 1.73. The summed E-state index contributed by atoms with van der Waals surface area (Å²) in [5.41, 5.74) is 1.75. The quantitative estimate of drug-likeness (QED) is 0.727. The van der Waals surface area contributed by atoms with Crippen molar-refractivity contribution in [2.45, 2.75) is 38.3 Å². The van der Waals surface area contributed by atoms with Gasteiger partial charge >= 0.3 is 12.3 Å². The van der Waals surface area contributed by atoms with E-state index in [4.69, 9.17) is 5.11 Å². The number of hydrogen-bond acceptors (Lipinski definition) is 5. The first-order chi connectivity index (χ1) is 14.0. The number of carbonyl (C=O) groups excluding carboxylic acids is 1. The zero-order valence-electron chi connectivity index (χ0n) is 15.6. The molecule has 0 spiro atoms. The zero-order chi connectivity index (χ0) is 22.1. The van der Waals surface area contributed by atoms with Crippen LogP contribution >= 0.6 is 0 Å². The number of aryl methyl sites for hydroxylation is 1. The molecule has 1 aliphatic rings. The minimum atomic E-state index is -4.65. The van der Waals surface area contributed by atoms with E-state index in [2.05, 4.69) is 20.3 Å². The van der Waals surface area contributed by atoms with Gasteiger partial charge < -0.3 is 10.4 Å². The topological polar surface area (TPSA) is 108 Å². The molecule has 1 aliphatic heterocycles. The number of nitrogens with one attached hydrogen (secondary N) is 1. The lowest BCUT2D eigenvalue weighted by atomic mass is 10.1. The third-order valence-corrected chi connectivity index (χ3v) is 4.49. The van der Waals surface area contributed by atoms with E-state index < -0.39 is 36.2 Å². The normalized spacial score (nSPS) is 19.0. The first-order valence-electron chi connectivity index (χ1n) is 8.83.